The molecule has 0 spiro atoms. The van der Waals surface area contributed by atoms with Crippen molar-refractivity contribution >= 4 is 27.4 Å². The van der Waals surface area contributed by atoms with Crippen LogP contribution < -0.4 is 18.7 Å². The number of urea groups is 1. The molecule has 0 saturated carbocycles. The van der Waals surface area contributed by atoms with Gasteiger partial charge in [-0.25, -0.2) is 26.4 Å². The van der Waals surface area contributed by atoms with E-state index in [1.807, 2.05) is 0 Å². The van der Waals surface area contributed by atoms with E-state index < -0.39 is 45.6 Å². The zero-order valence-corrected chi connectivity index (χ0v) is 18.1. The SMILES string of the molecule is COc1cc(N2C(=O)N(Cc3c(F)cc(F)cc3F)c3ccccc3S2(=O)=O)cc(OC)n1. The summed E-state index contributed by atoms with van der Waals surface area (Å²) in [7, 11) is -1.85. The van der Waals surface area contributed by atoms with Gasteiger partial charge in [0.2, 0.25) is 11.8 Å². The van der Waals surface area contributed by atoms with Crippen LogP contribution in [0.25, 0.3) is 0 Å². The molecule has 8 nitrogen and oxygen atoms in total. The molecule has 1 aromatic heterocycles. The van der Waals surface area contributed by atoms with Crippen molar-refractivity contribution in [3.63, 3.8) is 0 Å². The highest BCUT2D eigenvalue weighted by molar-refractivity contribution is 7.94. The molecular formula is C21H16F3N3O5S. The molecule has 3 aromatic rings. The number of carbonyl (C=O) groups is 1. The first-order valence-electron chi connectivity index (χ1n) is 9.36. The number of benzene rings is 2. The van der Waals surface area contributed by atoms with Gasteiger partial charge in [-0.15, -0.1) is 0 Å². The first kappa shape index (κ1) is 22.4. The number of ether oxygens (including phenoxy) is 2. The lowest BCUT2D eigenvalue weighted by molar-refractivity contribution is 0.253. The van der Waals surface area contributed by atoms with Crippen molar-refractivity contribution < 1.29 is 35.9 Å². The van der Waals surface area contributed by atoms with E-state index in [2.05, 4.69) is 4.98 Å². The number of halogens is 3. The summed E-state index contributed by atoms with van der Waals surface area (Å²) >= 11 is 0. The lowest BCUT2D eigenvalue weighted by Crippen LogP contribution is -2.51. The molecule has 12 heteroatoms. The van der Waals surface area contributed by atoms with Crippen LogP contribution in [-0.2, 0) is 16.6 Å². The number of amides is 2. The Morgan fingerprint density at radius 3 is 2.09 bits per heavy atom. The van der Waals surface area contributed by atoms with Crippen LogP contribution in [0.2, 0.25) is 0 Å². The number of carbonyl (C=O) groups excluding carboxylic acids is 1. The molecule has 1 aliphatic rings. The molecule has 0 radical (unpaired) electrons. The average molecular weight is 479 g/mol. The zero-order chi connectivity index (χ0) is 23.9. The average Bonchev–Trinajstić information content (AvgIpc) is 2.77. The normalized spacial score (nSPS) is 14.8. The Hall–Kier alpha value is -3.80. The molecule has 1 aliphatic heterocycles. The number of para-hydroxylation sites is 1. The van der Waals surface area contributed by atoms with E-state index in [1.165, 1.54) is 50.6 Å². The van der Waals surface area contributed by atoms with Crippen molar-refractivity contribution in [3.05, 3.63) is 71.5 Å². The number of rotatable bonds is 5. The van der Waals surface area contributed by atoms with Gasteiger partial charge in [0, 0.05) is 29.8 Å². The van der Waals surface area contributed by atoms with E-state index in [9.17, 15) is 26.4 Å². The van der Waals surface area contributed by atoms with Crippen LogP contribution in [0, 0.1) is 17.5 Å². The predicted octanol–water partition coefficient (Wildman–Crippen LogP) is 3.85. The quantitative estimate of drug-likeness (QED) is 0.552. The second-order valence-corrected chi connectivity index (χ2v) is 8.62. The lowest BCUT2D eigenvalue weighted by atomic mass is 10.1. The molecule has 33 heavy (non-hydrogen) atoms. The number of hydrogen-bond donors (Lipinski definition) is 0. The van der Waals surface area contributed by atoms with Gasteiger partial charge in [-0.3, -0.25) is 4.90 Å². The van der Waals surface area contributed by atoms with Crippen molar-refractivity contribution in [2.24, 2.45) is 0 Å². The Morgan fingerprint density at radius 2 is 1.52 bits per heavy atom. The second kappa shape index (κ2) is 8.28. The summed E-state index contributed by atoms with van der Waals surface area (Å²) < 4.78 is 79.4. The molecule has 0 fully saturated rings. The number of nitrogens with zero attached hydrogens (tertiary/aromatic N) is 3. The minimum atomic E-state index is -4.43. The molecule has 0 N–H and O–H groups in total. The maximum atomic E-state index is 14.3. The van der Waals surface area contributed by atoms with Gasteiger partial charge in [-0.2, -0.15) is 9.29 Å². The smallest absolute Gasteiger partial charge is 0.343 e. The van der Waals surface area contributed by atoms with Crippen LogP contribution in [0.5, 0.6) is 11.8 Å². The standard InChI is InChI=1S/C21H16F3N3O5S/c1-31-19-9-13(10-20(25-19)32-2)27-21(28)26(11-14-15(23)7-12(22)8-16(14)24)17-5-3-4-6-18(17)33(27,29)30/h3-10H,11H2,1-2H3. The van der Waals surface area contributed by atoms with Gasteiger partial charge in [0.05, 0.1) is 32.1 Å². The minimum absolute atomic E-state index is 0.0339. The largest absolute Gasteiger partial charge is 0.481 e. The molecule has 0 unspecified atom stereocenters. The van der Waals surface area contributed by atoms with E-state index >= 15 is 0 Å². The van der Waals surface area contributed by atoms with Crippen LogP contribution in [0.1, 0.15) is 5.56 Å². The molecule has 0 bridgehead atoms. The van der Waals surface area contributed by atoms with E-state index in [-0.39, 0.29) is 28.0 Å². The van der Waals surface area contributed by atoms with Crippen LogP contribution in [0.3, 0.4) is 0 Å². The third-order valence-electron chi connectivity index (χ3n) is 4.92. The fraction of sp³-hybridized carbons (Fsp3) is 0.143. The van der Waals surface area contributed by atoms with Gasteiger partial charge in [0.1, 0.15) is 22.3 Å². The summed E-state index contributed by atoms with van der Waals surface area (Å²) in [6.45, 7) is -0.695. The van der Waals surface area contributed by atoms with Gasteiger partial charge < -0.3 is 9.47 Å². The summed E-state index contributed by atoms with van der Waals surface area (Å²) in [5.74, 6) is -3.63. The number of hydrogen-bond acceptors (Lipinski definition) is 6. The Balaban J connectivity index is 1.91. The number of pyridine rings is 1. The maximum Gasteiger partial charge on any atom is 0.343 e. The van der Waals surface area contributed by atoms with Crippen molar-refractivity contribution in [1.29, 1.82) is 0 Å². The van der Waals surface area contributed by atoms with Gasteiger partial charge in [0.25, 0.3) is 10.0 Å². The van der Waals surface area contributed by atoms with E-state index in [0.29, 0.717) is 16.4 Å². The molecule has 0 aliphatic carbocycles. The lowest BCUT2D eigenvalue weighted by Gasteiger charge is -2.36. The zero-order valence-electron chi connectivity index (χ0n) is 17.3. The maximum absolute atomic E-state index is 14.3. The van der Waals surface area contributed by atoms with Crippen molar-refractivity contribution in [3.8, 4) is 11.8 Å². The number of aromatic nitrogens is 1. The molecule has 2 heterocycles. The number of methoxy groups -OCH3 is 2. The summed E-state index contributed by atoms with van der Waals surface area (Å²) in [6.07, 6.45) is 0. The monoisotopic (exact) mass is 479 g/mol. The number of fused-ring (bicyclic) bond motifs is 1. The van der Waals surface area contributed by atoms with E-state index in [1.54, 1.807) is 0 Å². The van der Waals surface area contributed by atoms with Crippen LogP contribution >= 0.6 is 0 Å². The summed E-state index contributed by atoms with van der Waals surface area (Å²) in [6, 6.07) is 7.73. The van der Waals surface area contributed by atoms with Gasteiger partial charge in [0.15, 0.2) is 0 Å². The highest BCUT2D eigenvalue weighted by Crippen LogP contribution is 2.39. The molecular weight excluding hydrogens is 463 g/mol. The number of sulfonamides is 1. The summed E-state index contributed by atoms with van der Waals surface area (Å²) in [4.78, 5) is 18.0. The van der Waals surface area contributed by atoms with Gasteiger partial charge in [-0.1, -0.05) is 12.1 Å². The molecule has 172 valence electrons. The highest BCUT2D eigenvalue weighted by atomic mass is 32.2. The first-order valence-corrected chi connectivity index (χ1v) is 10.8. The topological polar surface area (TPSA) is 89.0 Å². The molecule has 4 rings (SSSR count). The molecule has 2 amide bonds. The Morgan fingerprint density at radius 1 is 0.939 bits per heavy atom. The fourth-order valence-electron chi connectivity index (χ4n) is 3.39. The molecule has 0 atom stereocenters. The van der Waals surface area contributed by atoms with E-state index in [4.69, 9.17) is 9.47 Å². The van der Waals surface area contributed by atoms with Crippen LogP contribution in [0.4, 0.5) is 29.3 Å². The van der Waals surface area contributed by atoms with Crippen LogP contribution in [-0.4, -0.2) is 33.7 Å². The molecule has 2 aromatic carbocycles. The third-order valence-corrected chi connectivity index (χ3v) is 6.67. The van der Waals surface area contributed by atoms with Crippen molar-refractivity contribution in [2.45, 2.75) is 11.4 Å². The van der Waals surface area contributed by atoms with Gasteiger partial charge in [-0.05, 0) is 12.1 Å². The van der Waals surface area contributed by atoms with Crippen molar-refractivity contribution in [1.82, 2.24) is 4.98 Å². The van der Waals surface area contributed by atoms with E-state index in [0.717, 1.165) is 4.90 Å². The Bertz CT molecular complexity index is 1320. The third kappa shape index (κ3) is 3.82. The Kier molecular flexibility index (Phi) is 5.62. The minimum Gasteiger partial charge on any atom is -0.481 e. The van der Waals surface area contributed by atoms with Crippen molar-refractivity contribution in [2.75, 3.05) is 23.4 Å². The van der Waals surface area contributed by atoms with Crippen LogP contribution in [0.15, 0.2) is 53.4 Å². The Labute approximate surface area is 186 Å². The summed E-state index contributed by atoms with van der Waals surface area (Å²) in [5.41, 5.74) is -0.859. The summed E-state index contributed by atoms with van der Waals surface area (Å²) in [5, 5.41) is 0. The predicted molar refractivity (Wildman–Crippen MR) is 111 cm³/mol. The second-order valence-electron chi connectivity index (χ2n) is 6.86. The first-order chi connectivity index (χ1) is 15.7. The fourth-order valence-corrected chi connectivity index (χ4v) is 4.97. The number of anilines is 2. The van der Waals surface area contributed by atoms with Gasteiger partial charge >= 0.3 is 6.03 Å². The molecule has 0 saturated heterocycles. The highest BCUT2D eigenvalue weighted by Gasteiger charge is 2.43.